The molecule has 1 heterocycles. The summed E-state index contributed by atoms with van der Waals surface area (Å²) in [6, 6.07) is 10.9. The van der Waals surface area contributed by atoms with Gasteiger partial charge in [-0.15, -0.1) is 11.3 Å². The molecular formula is C15H20N2O2S2. The van der Waals surface area contributed by atoms with Gasteiger partial charge in [-0.3, -0.25) is 0 Å². The first kappa shape index (κ1) is 16.0. The molecule has 2 rings (SSSR count). The first-order valence-corrected chi connectivity index (χ1v) is 9.16. The third-order valence-corrected chi connectivity index (χ3v) is 6.86. The highest BCUT2D eigenvalue weighted by Gasteiger charge is 2.24. The summed E-state index contributed by atoms with van der Waals surface area (Å²) in [4.78, 5) is 1.08. The normalized spacial score (nSPS) is 12.0. The van der Waals surface area contributed by atoms with Crippen LogP contribution >= 0.6 is 11.3 Å². The number of nitrogens with zero attached hydrogens (tertiary/aromatic N) is 1. The molecule has 2 aromatic rings. The van der Waals surface area contributed by atoms with Crippen LogP contribution in [0.3, 0.4) is 0 Å². The Bertz CT molecular complexity index is 708. The van der Waals surface area contributed by atoms with Crippen molar-refractivity contribution in [3.8, 4) is 0 Å². The number of hydrogen-bond donors (Lipinski definition) is 1. The van der Waals surface area contributed by atoms with Crippen molar-refractivity contribution in [1.29, 1.82) is 0 Å². The zero-order valence-corrected chi connectivity index (χ0v) is 13.9. The topological polar surface area (TPSA) is 63.4 Å². The van der Waals surface area contributed by atoms with Crippen LogP contribution in [0.15, 0.2) is 40.6 Å². The lowest BCUT2D eigenvalue weighted by molar-refractivity contribution is 0.425. The zero-order chi connectivity index (χ0) is 15.5. The Hall–Kier alpha value is -1.37. The summed E-state index contributed by atoms with van der Waals surface area (Å²) in [6.45, 7) is 4.63. The molecule has 0 saturated heterocycles. The van der Waals surface area contributed by atoms with Gasteiger partial charge in [0.05, 0.1) is 0 Å². The van der Waals surface area contributed by atoms with Crippen LogP contribution < -0.4 is 5.73 Å². The number of thiophene rings is 1. The van der Waals surface area contributed by atoms with E-state index in [1.54, 1.807) is 12.1 Å². The fourth-order valence-electron chi connectivity index (χ4n) is 2.08. The van der Waals surface area contributed by atoms with Crippen molar-refractivity contribution in [2.45, 2.75) is 31.0 Å². The van der Waals surface area contributed by atoms with Gasteiger partial charge in [0.15, 0.2) is 0 Å². The van der Waals surface area contributed by atoms with Crippen molar-refractivity contribution in [1.82, 2.24) is 4.31 Å². The fourth-order valence-corrected chi connectivity index (χ4v) is 4.96. The van der Waals surface area contributed by atoms with Gasteiger partial charge < -0.3 is 5.73 Å². The summed E-state index contributed by atoms with van der Waals surface area (Å²) >= 11 is 1.34. The van der Waals surface area contributed by atoms with Crippen LogP contribution in [0, 0.1) is 0 Å². The van der Waals surface area contributed by atoms with Crippen LogP contribution in [-0.2, 0) is 23.0 Å². The van der Waals surface area contributed by atoms with Gasteiger partial charge in [0, 0.05) is 23.7 Å². The van der Waals surface area contributed by atoms with Gasteiger partial charge in [-0.1, -0.05) is 26.0 Å². The van der Waals surface area contributed by atoms with E-state index in [2.05, 4.69) is 0 Å². The molecule has 0 unspecified atom stereocenters. The lowest BCUT2D eigenvalue weighted by atomic mass is 10.2. The molecular weight excluding hydrogens is 304 g/mol. The largest absolute Gasteiger partial charge is 0.399 e. The minimum Gasteiger partial charge on any atom is -0.399 e. The molecule has 1 aromatic heterocycles. The Labute approximate surface area is 130 Å². The fraction of sp³-hybridized carbons (Fsp3) is 0.333. The molecule has 0 aliphatic carbocycles. The smallest absolute Gasteiger partial charge is 0.252 e. The maximum Gasteiger partial charge on any atom is 0.252 e. The third-order valence-electron chi connectivity index (χ3n) is 3.24. The lowest BCUT2D eigenvalue weighted by Crippen LogP contribution is -2.29. The molecule has 0 atom stereocenters. The molecule has 0 aliphatic rings. The maximum atomic E-state index is 12.7. The van der Waals surface area contributed by atoms with Crippen molar-refractivity contribution in [3.63, 3.8) is 0 Å². The van der Waals surface area contributed by atoms with Crippen LogP contribution in [-0.4, -0.2) is 19.3 Å². The molecule has 1 aromatic carbocycles. The van der Waals surface area contributed by atoms with Crippen LogP contribution in [0.25, 0.3) is 0 Å². The number of aryl methyl sites for hydroxylation is 1. The number of benzene rings is 1. The van der Waals surface area contributed by atoms with E-state index in [1.807, 2.05) is 38.1 Å². The number of nitrogen functional groups attached to an aromatic ring is 1. The van der Waals surface area contributed by atoms with E-state index < -0.39 is 10.0 Å². The Morgan fingerprint density at radius 1 is 1.19 bits per heavy atom. The maximum absolute atomic E-state index is 12.7. The highest BCUT2D eigenvalue weighted by molar-refractivity contribution is 7.91. The van der Waals surface area contributed by atoms with E-state index in [9.17, 15) is 8.42 Å². The summed E-state index contributed by atoms with van der Waals surface area (Å²) in [5.41, 5.74) is 7.29. The Morgan fingerprint density at radius 3 is 2.52 bits per heavy atom. The highest BCUT2D eigenvalue weighted by atomic mass is 32.2. The average molecular weight is 324 g/mol. The monoisotopic (exact) mass is 324 g/mol. The molecule has 2 N–H and O–H groups in total. The first-order chi connectivity index (χ1) is 9.97. The molecule has 0 aliphatic heterocycles. The van der Waals surface area contributed by atoms with Gasteiger partial charge in [0.25, 0.3) is 10.0 Å². The molecule has 0 amide bonds. The van der Waals surface area contributed by atoms with E-state index in [4.69, 9.17) is 5.73 Å². The van der Waals surface area contributed by atoms with E-state index in [1.165, 1.54) is 15.6 Å². The summed E-state index contributed by atoms with van der Waals surface area (Å²) in [5, 5.41) is 0. The number of anilines is 1. The second-order valence-electron chi connectivity index (χ2n) is 4.75. The van der Waals surface area contributed by atoms with Gasteiger partial charge in [0.2, 0.25) is 0 Å². The quantitative estimate of drug-likeness (QED) is 0.831. The molecule has 0 spiro atoms. The molecule has 4 nitrogen and oxygen atoms in total. The van der Waals surface area contributed by atoms with Crippen molar-refractivity contribution in [3.05, 3.63) is 46.8 Å². The van der Waals surface area contributed by atoms with E-state index >= 15 is 0 Å². The summed E-state index contributed by atoms with van der Waals surface area (Å²) in [5.74, 6) is 0. The molecule has 6 heteroatoms. The van der Waals surface area contributed by atoms with Crippen LogP contribution in [0.5, 0.6) is 0 Å². The minimum absolute atomic E-state index is 0.337. The predicted molar refractivity (Wildman–Crippen MR) is 87.8 cm³/mol. The Kier molecular flexibility index (Phi) is 5.03. The summed E-state index contributed by atoms with van der Waals surface area (Å²) < 4.78 is 27.3. The second-order valence-corrected chi connectivity index (χ2v) is 8.08. The van der Waals surface area contributed by atoms with Crippen molar-refractivity contribution < 1.29 is 8.42 Å². The molecule has 21 heavy (non-hydrogen) atoms. The number of nitrogens with two attached hydrogens (primary N) is 1. The van der Waals surface area contributed by atoms with E-state index in [0.717, 1.165) is 16.9 Å². The Morgan fingerprint density at radius 2 is 1.95 bits per heavy atom. The predicted octanol–water partition coefficient (Wildman–Crippen LogP) is 3.10. The average Bonchev–Trinajstić information content (AvgIpc) is 2.94. The molecule has 0 fully saturated rings. The van der Waals surface area contributed by atoms with Crippen molar-refractivity contribution >= 4 is 27.0 Å². The van der Waals surface area contributed by atoms with Crippen LogP contribution in [0.2, 0.25) is 0 Å². The summed E-state index contributed by atoms with van der Waals surface area (Å²) in [6.07, 6.45) is 0.849. The standard InChI is InChI=1S/C15H20N2O2S2/c1-3-14-8-9-15(20-14)21(18,19)17(4-2)11-12-6-5-7-13(16)10-12/h5-10H,3-4,11,16H2,1-2H3. The molecule has 0 saturated carbocycles. The minimum atomic E-state index is -3.44. The van der Waals surface area contributed by atoms with Crippen LogP contribution in [0.4, 0.5) is 5.69 Å². The number of sulfonamides is 1. The van der Waals surface area contributed by atoms with Gasteiger partial charge in [0.1, 0.15) is 4.21 Å². The van der Waals surface area contributed by atoms with Gasteiger partial charge in [-0.2, -0.15) is 4.31 Å². The summed E-state index contributed by atoms with van der Waals surface area (Å²) in [7, 11) is -3.44. The van der Waals surface area contributed by atoms with Crippen LogP contribution in [0.1, 0.15) is 24.3 Å². The van der Waals surface area contributed by atoms with Gasteiger partial charge in [-0.05, 0) is 36.2 Å². The second kappa shape index (κ2) is 6.60. The molecule has 0 radical (unpaired) electrons. The number of hydrogen-bond acceptors (Lipinski definition) is 4. The lowest BCUT2D eigenvalue weighted by Gasteiger charge is -2.19. The molecule has 0 bridgehead atoms. The number of rotatable bonds is 6. The zero-order valence-electron chi connectivity index (χ0n) is 12.2. The third kappa shape index (κ3) is 3.64. The highest BCUT2D eigenvalue weighted by Crippen LogP contribution is 2.26. The van der Waals surface area contributed by atoms with E-state index in [-0.39, 0.29) is 0 Å². The van der Waals surface area contributed by atoms with Crippen molar-refractivity contribution in [2.24, 2.45) is 0 Å². The van der Waals surface area contributed by atoms with E-state index in [0.29, 0.717) is 23.0 Å². The Balaban J connectivity index is 2.27. The SMILES string of the molecule is CCc1ccc(S(=O)(=O)N(CC)Cc2cccc(N)c2)s1. The molecule has 114 valence electrons. The van der Waals surface area contributed by atoms with Gasteiger partial charge in [-0.25, -0.2) is 8.42 Å². The van der Waals surface area contributed by atoms with Crippen molar-refractivity contribution in [2.75, 3.05) is 12.3 Å². The first-order valence-electron chi connectivity index (χ1n) is 6.90. The van der Waals surface area contributed by atoms with Gasteiger partial charge >= 0.3 is 0 Å².